The van der Waals surface area contributed by atoms with Gasteiger partial charge in [-0.25, -0.2) is 0 Å². The lowest BCUT2D eigenvalue weighted by molar-refractivity contribution is 0.231. The van der Waals surface area contributed by atoms with Crippen molar-refractivity contribution in [2.75, 3.05) is 14.2 Å². The largest absolute Gasteiger partial charge is 0.416 e. The van der Waals surface area contributed by atoms with Crippen LogP contribution in [0.5, 0.6) is 0 Å². The predicted octanol–water partition coefficient (Wildman–Crippen LogP) is 12.9. The van der Waals surface area contributed by atoms with Crippen molar-refractivity contribution in [3.63, 3.8) is 0 Å². The van der Waals surface area contributed by atoms with E-state index in [9.17, 15) is 9.59 Å². The van der Waals surface area contributed by atoms with Crippen LogP contribution in [0.25, 0.3) is 0 Å². The topological polar surface area (TPSA) is 207 Å². The Morgan fingerprint density at radius 3 is 0.500 bits per heavy atom. The van der Waals surface area contributed by atoms with Gasteiger partial charge in [-0.1, -0.05) is 13.8 Å². The summed E-state index contributed by atoms with van der Waals surface area (Å²) in [5.74, 6) is 0. The van der Waals surface area contributed by atoms with E-state index in [1.165, 1.54) is 0 Å². The summed E-state index contributed by atoms with van der Waals surface area (Å²) in [7, 11) is -40.3. The molecule has 38 heteroatoms. The number of hydrogen-bond acceptors (Lipinski definition) is 20. The van der Waals surface area contributed by atoms with E-state index in [0.717, 1.165) is 12.1 Å². The Kier molecular flexibility index (Phi) is 31.1. The Morgan fingerprint density at radius 1 is 0.256 bits per heavy atom. The molecule has 0 spiro atoms. The fourth-order valence-corrected chi connectivity index (χ4v) is 94.0. The molecule has 0 amide bonds. The number of hydrogen-bond donors (Lipinski definition) is 2. The third-order valence-electron chi connectivity index (χ3n) is 10.0. The monoisotopic (exact) mass is 1420 g/mol. The van der Waals surface area contributed by atoms with E-state index in [4.69, 9.17) is 74.7 Å². The van der Waals surface area contributed by atoms with Crippen molar-refractivity contribution in [2.45, 2.75) is 249 Å². The van der Waals surface area contributed by atoms with Gasteiger partial charge in [0, 0.05) is 14.2 Å². The maximum atomic E-state index is 10.1. The highest BCUT2D eigenvalue weighted by Crippen LogP contribution is 2.35. The fraction of sp³-hybridized carbons (Fsp3) is 1.00. The van der Waals surface area contributed by atoms with Gasteiger partial charge in [0.2, 0.25) is 0 Å². The molecule has 20 nitrogen and oxygen atoms in total. The average molecular weight is 1430 g/mol. The number of rotatable bonds is 28. The lowest BCUT2D eigenvalue weighted by Crippen LogP contribution is -2.65. The van der Waals surface area contributed by atoms with Crippen LogP contribution in [0.4, 0.5) is 0 Å². The van der Waals surface area contributed by atoms with Crippen molar-refractivity contribution in [1.82, 2.24) is 0 Å². The molecule has 1 saturated heterocycles. The van der Waals surface area contributed by atoms with Crippen LogP contribution in [-0.2, 0) is 74.7 Å². The molecule has 0 aliphatic carbocycles. The molecule has 1 fully saturated rings. The minimum atomic E-state index is -2.68. The summed E-state index contributed by atoms with van der Waals surface area (Å²) < 4.78 is 112. The Hall–Kier alpha value is 3.10. The Labute approximate surface area is 497 Å². The highest BCUT2D eigenvalue weighted by Gasteiger charge is 2.54. The van der Waals surface area contributed by atoms with E-state index in [2.05, 4.69) is 53.1 Å². The van der Waals surface area contributed by atoms with Crippen molar-refractivity contribution in [3.8, 4) is 0 Å². The van der Waals surface area contributed by atoms with E-state index >= 15 is 0 Å². The lowest BCUT2D eigenvalue weighted by atomic mass is 11.0. The average Bonchev–Trinajstić information content (AvgIpc) is 3.02. The molecule has 2 N–H and O–H groups in total. The summed E-state index contributed by atoms with van der Waals surface area (Å²) >= 11 is 0. The quantitative estimate of drug-likeness (QED) is 0.0698. The molecule has 0 unspecified atom stereocenters. The maximum Gasteiger partial charge on any atom is 0.322 e. The molecule has 1 aliphatic rings. The van der Waals surface area contributed by atoms with Gasteiger partial charge in [0.05, 0.1) is 0 Å². The van der Waals surface area contributed by atoms with Crippen LogP contribution in [0.15, 0.2) is 0 Å². The first-order valence-corrected chi connectivity index (χ1v) is 77.5. The van der Waals surface area contributed by atoms with Crippen LogP contribution < -0.4 is 0 Å². The molecule has 0 aromatic rings. The summed E-state index contributed by atoms with van der Waals surface area (Å²) in [6, 6.07) is 1.88. The summed E-state index contributed by atoms with van der Waals surface area (Å²) in [4.78, 5) is 20.3. The zero-order valence-corrected chi connectivity index (χ0v) is 74.7. The Morgan fingerprint density at radius 2 is 0.385 bits per heavy atom. The van der Waals surface area contributed by atoms with Gasteiger partial charge >= 0.3 is 154 Å². The second-order valence-corrected chi connectivity index (χ2v) is 92.3. The molecule has 78 heavy (non-hydrogen) atoms. The van der Waals surface area contributed by atoms with Gasteiger partial charge in [0.25, 0.3) is 0 Å². The van der Waals surface area contributed by atoms with Crippen LogP contribution in [0.2, 0.25) is 235 Å². The van der Waals surface area contributed by atoms with Crippen molar-refractivity contribution < 1.29 is 84.3 Å². The smallest absolute Gasteiger partial charge is 0.322 e. The second-order valence-electron chi connectivity index (χ2n) is 27.5. The second kappa shape index (κ2) is 29.2. The third kappa shape index (κ3) is 39.1. The Bertz CT molecular complexity index is 1680. The van der Waals surface area contributed by atoms with Crippen LogP contribution in [0.1, 0.15) is 13.8 Å². The van der Waals surface area contributed by atoms with E-state index < -0.39 is 154 Å². The molecule has 0 aromatic carbocycles. The van der Waals surface area contributed by atoms with E-state index in [1.807, 2.05) is 157 Å². The van der Waals surface area contributed by atoms with Gasteiger partial charge in [-0.15, -0.1) is 0 Å². The zero-order valence-electron chi connectivity index (χ0n) is 56.7. The maximum absolute atomic E-state index is 10.1. The molecule has 0 saturated carbocycles. The van der Waals surface area contributed by atoms with Crippen LogP contribution >= 0.6 is 0 Å². The molecule has 0 aromatic heterocycles. The first-order chi connectivity index (χ1) is 33.6. The van der Waals surface area contributed by atoms with Gasteiger partial charge in [-0.3, -0.25) is 0 Å². The molecule has 0 atom stereocenters. The minimum Gasteiger partial charge on any atom is -0.416 e. The van der Waals surface area contributed by atoms with Gasteiger partial charge in [0.1, 0.15) is 0 Å². The van der Waals surface area contributed by atoms with Gasteiger partial charge < -0.3 is 84.3 Å². The van der Waals surface area contributed by atoms with Crippen molar-refractivity contribution in [2.24, 2.45) is 0 Å². The highest BCUT2D eigenvalue weighted by atomic mass is 28.5. The molecule has 1 aliphatic heterocycles. The van der Waals surface area contributed by atoms with Crippen molar-refractivity contribution in [3.05, 3.63) is 0 Å². The van der Waals surface area contributed by atoms with E-state index in [-0.39, 0.29) is 0 Å². The predicted molar refractivity (Wildman–Crippen MR) is 360 cm³/mol. The van der Waals surface area contributed by atoms with Gasteiger partial charge in [-0.2, -0.15) is 0 Å². The molecular formula is C40H120O20Si18. The summed E-state index contributed by atoms with van der Waals surface area (Å²) in [6.45, 7) is 72.1. The molecular weight excluding hydrogens is 1310 g/mol. The van der Waals surface area contributed by atoms with E-state index in [0.29, 0.717) is 0 Å². The molecule has 1 rings (SSSR count). The summed E-state index contributed by atoms with van der Waals surface area (Å²) in [5, 5.41) is 0. The Balaban J connectivity index is 0. The standard InChI is InChI=1S/2C15H46O8Si7.C10H28O4Si4/c2*1-17-25(4,5)19-27(8,9)21-29(12,13)23-30(14,15)22-28(10,11)20-26(6,7)18-24(2,3)16;1-9-17(7)11-15(3,4)13-18(8,10-2)14-16(5,6)12-17/h2*16H,1-15H3;9-10H2,1-8H3. The van der Waals surface area contributed by atoms with Gasteiger partial charge in [0.15, 0.2) is 0 Å². The summed E-state index contributed by atoms with van der Waals surface area (Å²) in [6.07, 6.45) is 0. The molecule has 0 radical (unpaired) electrons. The highest BCUT2D eigenvalue weighted by molar-refractivity contribution is 6.95. The van der Waals surface area contributed by atoms with Crippen LogP contribution in [-0.4, -0.2) is 178 Å². The van der Waals surface area contributed by atoms with Crippen LogP contribution in [0.3, 0.4) is 0 Å². The first kappa shape index (κ1) is 83.2. The molecule has 1 heterocycles. The SMILES string of the molecule is CC[Si]1(C)O[Si](C)(C)O[Si](C)(CC)O[Si](C)(C)O1.CO[Si](C)(C)O[Si](C)(C)O[Si](C)(C)O[Si](C)(C)O[Si](C)(C)O[Si](C)(C)O[Si](C)(C)O.CO[Si](C)(C)O[Si](C)(C)O[Si](C)(C)O[Si](C)(C)O[Si](C)(C)O[Si](C)(C)O[Si](C)(C)O. The summed E-state index contributed by atoms with van der Waals surface area (Å²) in [5.41, 5.74) is 0. The third-order valence-corrected chi connectivity index (χ3v) is 76.6. The minimum absolute atomic E-state index is 0.941. The van der Waals surface area contributed by atoms with Crippen LogP contribution in [0, 0.1) is 0 Å². The zero-order chi connectivity index (χ0) is 63.1. The van der Waals surface area contributed by atoms with Crippen molar-refractivity contribution in [1.29, 1.82) is 0 Å². The molecule has 0 bridgehead atoms. The first-order valence-electron chi connectivity index (χ1n) is 27.3. The molecule has 472 valence electrons. The van der Waals surface area contributed by atoms with Gasteiger partial charge in [-0.05, 0) is 235 Å². The lowest BCUT2D eigenvalue weighted by Gasteiger charge is -2.48. The van der Waals surface area contributed by atoms with E-state index in [1.54, 1.807) is 40.4 Å². The fourth-order valence-electron chi connectivity index (χ4n) is 9.87. The van der Waals surface area contributed by atoms with Crippen molar-refractivity contribution >= 4 is 154 Å². The normalized spacial score (nSPS) is 21.2.